The Morgan fingerprint density at radius 2 is 2.15 bits per heavy atom. The van der Waals surface area contributed by atoms with Crippen molar-refractivity contribution in [2.45, 2.75) is 44.4 Å². The molecule has 2 aliphatic heterocycles. The maximum Gasteiger partial charge on any atom is 0.163 e. The second kappa shape index (κ2) is 3.20. The van der Waals surface area contributed by atoms with E-state index >= 15 is 0 Å². The molecule has 1 N–H and O–H groups in total. The first-order valence-electron chi connectivity index (χ1n) is 4.69. The van der Waals surface area contributed by atoms with Crippen molar-refractivity contribution in [1.29, 1.82) is 0 Å². The van der Waals surface area contributed by atoms with Crippen LogP contribution in [0, 0.1) is 0 Å². The van der Waals surface area contributed by atoms with E-state index in [1.165, 1.54) is 0 Å². The molecule has 0 spiro atoms. The van der Waals surface area contributed by atoms with Gasteiger partial charge in [-0.2, -0.15) is 0 Å². The zero-order valence-corrected chi connectivity index (χ0v) is 8.03. The highest BCUT2D eigenvalue weighted by molar-refractivity contribution is 4.87. The number of rotatable bonds is 1. The molecule has 76 valence electrons. The van der Waals surface area contributed by atoms with Crippen molar-refractivity contribution in [2.24, 2.45) is 0 Å². The lowest BCUT2D eigenvalue weighted by Crippen LogP contribution is -2.46. The number of aliphatic hydroxyl groups is 1. The molecule has 0 aliphatic carbocycles. The van der Waals surface area contributed by atoms with Gasteiger partial charge >= 0.3 is 0 Å². The van der Waals surface area contributed by atoms with Gasteiger partial charge in [0.05, 0.1) is 25.4 Å². The summed E-state index contributed by atoms with van der Waals surface area (Å²) in [7, 11) is 0. The first-order valence-corrected chi connectivity index (χ1v) is 4.69. The lowest BCUT2D eigenvalue weighted by molar-refractivity contribution is -0.293. The Morgan fingerprint density at radius 3 is 2.85 bits per heavy atom. The van der Waals surface area contributed by atoms with Crippen molar-refractivity contribution in [3.63, 3.8) is 0 Å². The Morgan fingerprint density at radius 1 is 1.38 bits per heavy atom. The van der Waals surface area contributed by atoms with Crippen LogP contribution in [0.15, 0.2) is 0 Å². The minimum absolute atomic E-state index is 0.00479. The standard InChI is InChI=1S/C9H16O4/c1-9(2)11-5-8-7(13-9)3-6(4-10)12-8/h6-8,10H,3-5H2,1-2H3. The van der Waals surface area contributed by atoms with Crippen LogP contribution < -0.4 is 0 Å². The zero-order chi connectivity index (χ0) is 9.47. The van der Waals surface area contributed by atoms with E-state index in [1.54, 1.807) is 0 Å². The van der Waals surface area contributed by atoms with Crippen molar-refractivity contribution in [3.8, 4) is 0 Å². The molecule has 2 saturated heterocycles. The van der Waals surface area contributed by atoms with Crippen LogP contribution in [0.25, 0.3) is 0 Å². The molecule has 0 aromatic rings. The van der Waals surface area contributed by atoms with Crippen molar-refractivity contribution in [2.75, 3.05) is 13.2 Å². The van der Waals surface area contributed by atoms with E-state index in [4.69, 9.17) is 19.3 Å². The van der Waals surface area contributed by atoms with Crippen molar-refractivity contribution >= 4 is 0 Å². The van der Waals surface area contributed by atoms with Crippen LogP contribution in [0.4, 0.5) is 0 Å². The largest absolute Gasteiger partial charge is 0.394 e. The summed E-state index contributed by atoms with van der Waals surface area (Å²) in [6.07, 6.45) is 0.784. The zero-order valence-electron chi connectivity index (χ0n) is 8.03. The normalized spacial score (nSPS) is 43.2. The van der Waals surface area contributed by atoms with E-state index in [2.05, 4.69) is 0 Å². The molecule has 0 saturated carbocycles. The maximum atomic E-state index is 8.92. The van der Waals surface area contributed by atoms with E-state index in [0.717, 1.165) is 6.42 Å². The van der Waals surface area contributed by atoms with Gasteiger partial charge in [-0.05, 0) is 13.8 Å². The molecule has 0 bridgehead atoms. The van der Waals surface area contributed by atoms with Crippen molar-refractivity contribution in [1.82, 2.24) is 0 Å². The van der Waals surface area contributed by atoms with Gasteiger partial charge in [0.25, 0.3) is 0 Å². The lowest BCUT2D eigenvalue weighted by atomic mass is 10.1. The average Bonchev–Trinajstić information content (AvgIpc) is 2.44. The summed E-state index contributed by atoms with van der Waals surface area (Å²) in [5.41, 5.74) is 0. The monoisotopic (exact) mass is 188 g/mol. The highest BCUT2D eigenvalue weighted by Crippen LogP contribution is 2.32. The van der Waals surface area contributed by atoms with Gasteiger partial charge in [0, 0.05) is 6.42 Å². The predicted octanol–water partition coefficient (Wildman–Crippen LogP) is 0.288. The number of aliphatic hydroxyl groups excluding tert-OH is 1. The van der Waals surface area contributed by atoms with Crippen LogP contribution in [0.1, 0.15) is 20.3 Å². The third-order valence-corrected chi connectivity index (χ3v) is 2.51. The van der Waals surface area contributed by atoms with Gasteiger partial charge in [0.1, 0.15) is 6.10 Å². The SMILES string of the molecule is CC1(C)OCC2OC(CO)CC2O1. The predicted molar refractivity (Wildman–Crippen MR) is 45.3 cm³/mol. The lowest BCUT2D eigenvalue weighted by Gasteiger charge is -2.37. The van der Waals surface area contributed by atoms with Crippen LogP contribution in [-0.2, 0) is 14.2 Å². The number of hydrogen-bond donors (Lipinski definition) is 1. The molecule has 0 aromatic heterocycles. The van der Waals surface area contributed by atoms with Gasteiger partial charge in [-0.3, -0.25) is 0 Å². The molecule has 2 heterocycles. The summed E-state index contributed by atoms with van der Waals surface area (Å²) >= 11 is 0. The summed E-state index contributed by atoms with van der Waals surface area (Å²) in [5.74, 6) is -0.505. The van der Waals surface area contributed by atoms with Crippen LogP contribution in [-0.4, -0.2) is 42.4 Å². The average molecular weight is 188 g/mol. The Bertz CT molecular complexity index is 192. The van der Waals surface area contributed by atoms with Gasteiger partial charge < -0.3 is 19.3 Å². The van der Waals surface area contributed by atoms with E-state index in [-0.39, 0.29) is 24.9 Å². The van der Waals surface area contributed by atoms with Crippen LogP contribution >= 0.6 is 0 Å². The molecule has 4 heteroatoms. The second-order valence-corrected chi connectivity index (χ2v) is 4.08. The number of ether oxygens (including phenoxy) is 3. The molecular formula is C9H16O4. The molecule has 0 amide bonds. The first kappa shape index (κ1) is 9.40. The fourth-order valence-electron chi connectivity index (χ4n) is 1.87. The molecule has 2 aliphatic rings. The van der Waals surface area contributed by atoms with Crippen molar-refractivity contribution < 1.29 is 19.3 Å². The molecular weight excluding hydrogens is 172 g/mol. The molecule has 13 heavy (non-hydrogen) atoms. The van der Waals surface area contributed by atoms with E-state index in [0.29, 0.717) is 6.61 Å². The molecule has 2 rings (SSSR count). The Balaban J connectivity index is 1.98. The van der Waals surface area contributed by atoms with Gasteiger partial charge in [0.15, 0.2) is 5.79 Å². The van der Waals surface area contributed by atoms with Gasteiger partial charge in [0.2, 0.25) is 0 Å². The van der Waals surface area contributed by atoms with Crippen LogP contribution in [0.2, 0.25) is 0 Å². The summed E-state index contributed by atoms with van der Waals surface area (Å²) in [5, 5.41) is 8.92. The molecule has 3 atom stereocenters. The quantitative estimate of drug-likeness (QED) is 0.642. The number of hydrogen-bond acceptors (Lipinski definition) is 4. The third-order valence-electron chi connectivity index (χ3n) is 2.51. The summed E-state index contributed by atoms with van der Waals surface area (Å²) in [4.78, 5) is 0. The Hall–Kier alpha value is -0.160. The summed E-state index contributed by atoms with van der Waals surface area (Å²) < 4.78 is 16.6. The smallest absolute Gasteiger partial charge is 0.163 e. The fourth-order valence-corrected chi connectivity index (χ4v) is 1.87. The van der Waals surface area contributed by atoms with Gasteiger partial charge in [-0.1, -0.05) is 0 Å². The fraction of sp³-hybridized carbons (Fsp3) is 1.00. The number of fused-ring (bicyclic) bond motifs is 1. The third kappa shape index (κ3) is 1.86. The molecule has 3 unspecified atom stereocenters. The maximum absolute atomic E-state index is 8.92. The summed E-state index contributed by atoms with van der Waals surface area (Å²) in [6, 6.07) is 0. The van der Waals surface area contributed by atoms with Crippen molar-refractivity contribution in [3.05, 3.63) is 0 Å². The second-order valence-electron chi connectivity index (χ2n) is 4.08. The van der Waals surface area contributed by atoms with Crippen LogP contribution in [0.5, 0.6) is 0 Å². The minimum Gasteiger partial charge on any atom is -0.394 e. The van der Waals surface area contributed by atoms with E-state index < -0.39 is 5.79 Å². The highest BCUT2D eigenvalue weighted by atomic mass is 16.7. The Labute approximate surface area is 77.8 Å². The topological polar surface area (TPSA) is 47.9 Å². The molecule has 0 radical (unpaired) electrons. The van der Waals surface area contributed by atoms with Gasteiger partial charge in [-0.15, -0.1) is 0 Å². The van der Waals surface area contributed by atoms with Crippen LogP contribution in [0.3, 0.4) is 0 Å². The minimum atomic E-state index is -0.505. The summed E-state index contributed by atoms with van der Waals surface area (Å²) in [6.45, 7) is 4.43. The molecule has 0 aromatic carbocycles. The van der Waals surface area contributed by atoms with E-state index in [1.807, 2.05) is 13.8 Å². The van der Waals surface area contributed by atoms with E-state index in [9.17, 15) is 0 Å². The molecule has 4 nitrogen and oxygen atoms in total. The highest BCUT2D eigenvalue weighted by Gasteiger charge is 2.43. The van der Waals surface area contributed by atoms with Gasteiger partial charge in [-0.25, -0.2) is 0 Å². The first-order chi connectivity index (χ1) is 6.11. The molecule has 2 fully saturated rings. The Kier molecular flexibility index (Phi) is 2.32.